The van der Waals surface area contributed by atoms with Crippen LogP contribution in [0, 0.1) is 0 Å². The predicted octanol–water partition coefficient (Wildman–Crippen LogP) is 2.65. The summed E-state index contributed by atoms with van der Waals surface area (Å²) >= 11 is 5.92. The molecule has 2 atom stereocenters. The Morgan fingerprint density at radius 2 is 1.96 bits per heavy atom. The SMILES string of the molecule is CCN(CC(=O)O)C1CC(NC(=O)NC(C)C(OC)c2ccc(Cl)cc2)C1. The van der Waals surface area contributed by atoms with Crippen molar-refractivity contribution >= 4 is 23.6 Å². The third-order valence-electron chi connectivity index (χ3n) is 4.97. The molecule has 0 aromatic heterocycles. The average molecular weight is 398 g/mol. The van der Waals surface area contributed by atoms with Crippen molar-refractivity contribution in [1.82, 2.24) is 15.5 Å². The number of carbonyl (C=O) groups excluding carboxylic acids is 1. The van der Waals surface area contributed by atoms with Crippen LogP contribution >= 0.6 is 11.6 Å². The van der Waals surface area contributed by atoms with Gasteiger partial charge in [-0.25, -0.2) is 4.79 Å². The predicted molar refractivity (Wildman–Crippen MR) is 104 cm³/mol. The van der Waals surface area contributed by atoms with Crippen LogP contribution in [0.2, 0.25) is 5.02 Å². The van der Waals surface area contributed by atoms with Crippen molar-refractivity contribution < 1.29 is 19.4 Å². The maximum atomic E-state index is 12.3. The molecule has 0 saturated heterocycles. The molecule has 1 aromatic rings. The number of rotatable bonds is 9. The molecule has 1 aliphatic carbocycles. The van der Waals surface area contributed by atoms with Crippen molar-refractivity contribution in [3.8, 4) is 0 Å². The first-order valence-corrected chi connectivity index (χ1v) is 9.53. The Bertz CT molecular complexity index is 634. The van der Waals surface area contributed by atoms with Gasteiger partial charge in [0.05, 0.1) is 12.6 Å². The molecule has 3 N–H and O–H groups in total. The van der Waals surface area contributed by atoms with Crippen LogP contribution in [0.3, 0.4) is 0 Å². The second-order valence-electron chi connectivity index (χ2n) is 6.89. The van der Waals surface area contributed by atoms with Gasteiger partial charge in [-0.1, -0.05) is 30.7 Å². The van der Waals surface area contributed by atoms with Gasteiger partial charge in [-0.3, -0.25) is 9.69 Å². The molecule has 7 nitrogen and oxygen atoms in total. The zero-order valence-corrected chi connectivity index (χ0v) is 16.7. The summed E-state index contributed by atoms with van der Waals surface area (Å²) in [6.07, 6.45) is 1.23. The number of amides is 2. The number of hydrogen-bond donors (Lipinski definition) is 3. The lowest BCUT2D eigenvalue weighted by atomic mass is 9.85. The van der Waals surface area contributed by atoms with Crippen molar-refractivity contribution in [2.45, 2.75) is 50.9 Å². The van der Waals surface area contributed by atoms with Crippen molar-refractivity contribution in [3.05, 3.63) is 34.9 Å². The molecule has 0 bridgehead atoms. The van der Waals surface area contributed by atoms with Gasteiger partial charge in [0.1, 0.15) is 6.10 Å². The zero-order chi connectivity index (χ0) is 20.0. The van der Waals surface area contributed by atoms with E-state index < -0.39 is 5.97 Å². The van der Waals surface area contributed by atoms with E-state index in [4.69, 9.17) is 21.4 Å². The van der Waals surface area contributed by atoms with Gasteiger partial charge < -0.3 is 20.5 Å². The molecule has 0 spiro atoms. The Hall–Kier alpha value is -1.83. The van der Waals surface area contributed by atoms with E-state index in [0.717, 1.165) is 18.4 Å². The molecular formula is C19H28ClN3O4. The van der Waals surface area contributed by atoms with Crippen LogP contribution in [0.1, 0.15) is 38.4 Å². The van der Waals surface area contributed by atoms with Gasteiger partial charge in [-0.15, -0.1) is 0 Å². The fourth-order valence-electron chi connectivity index (χ4n) is 3.47. The minimum atomic E-state index is -0.826. The molecule has 2 rings (SSSR count). The summed E-state index contributed by atoms with van der Waals surface area (Å²) in [7, 11) is 1.60. The topological polar surface area (TPSA) is 90.9 Å². The summed E-state index contributed by atoms with van der Waals surface area (Å²) < 4.78 is 5.54. The number of methoxy groups -OCH3 is 1. The van der Waals surface area contributed by atoms with E-state index in [9.17, 15) is 9.59 Å². The molecule has 0 heterocycles. The minimum Gasteiger partial charge on any atom is -0.480 e. The Morgan fingerprint density at radius 1 is 1.33 bits per heavy atom. The minimum absolute atomic E-state index is 0.0354. The summed E-state index contributed by atoms with van der Waals surface area (Å²) in [5.41, 5.74) is 0.936. The molecule has 1 saturated carbocycles. The van der Waals surface area contributed by atoms with Crippen LogP contribution in [-0.2, 0) is 9.53 Å². The van der Waals surface area contributed by atoms with E-state index in [1.54, 1.807) is 19.2 Å². The van der Waals surface area contributed by atoms with Crippen molar-refractivity contribution in [1.29, 1.82) is 0 Å². The summed E-state index contributed by atoms with van der Waals surface area (Å²) in [4.78, 5) is 25.1. The van der Waals surface area contributed by atoms with Crippen LogP contribution in [0.25, 0.3) is 0 Å². The van der Waals surface area contributed by atoms with Gasteiger partial charge in [0.25, 0.3) is 0 Å². The van der Waals surface area contributed by atoms with Crippen LogP contribution in [0.4, 0.5) is 4.79 Å². The van der Waals surface area contributed by atoms with E-state index in [-0.39, 0.29) is 36.8 Å². The number of carbonyl (C=O) groups is 2. The number of nitrogens with one attached hydrogen (secondary N) is 2. The zero-order valence-electron chi connectivity index (χ0n) is 15.9. The number of urea groups is 1. The molecule has 0 radical (unpaired) electrons. The van der Waals surface area contributed by atoms with Crippen molar-refractivity contribution in [3.63, 3.8) is 0 Å². The van der Waals surface area contributed by atoms with Gasteiger partial charge in [0.2, 0.25) is 0 Å². The number of carboxylic acid groups (broad SMARTS) is 1. The Morgan fingerprint density at radius 3 is 2.48 bits per heavy atom. The quantitative estimate of drug-likeness (QED) is 0.596. The smallest absolute Gasteiger partial charge is 0.317 e. The van der Waals surface area contributed by atoms with Gasteiger partial charge in [-0.05, 0) is 44.0 Å². The fraction of sp³-hybridized carbons (Fsp3) is 0.579. The van der Waals surface area contributed by atoms with Crippen LogP contribution < -0.4 is 10.6 Å². The first-order valence-electron chi connectivity index (χ1n) is 9.15. The lowest BCUT2D eigenvalue weighted by Gasteiger charge is -2.42. The molecule has 27 heavy (non-hydrogen) atoms. The lowest BCUT2D eigenvalue weighted by molar-refractivity contribution is -0.139. The van der Waals surface area contributed by atoms with Gasteiger partial charge in [0.15, 0.2) is 0 Å². The van der Waals surface area contributed by atoms with Gasteiger partial charge in [-0.2, -0.15) is 0 Å². The Kier molecular flexibility index (Phi) is 7.89. The van der Waals surface area contributed by atoms with Gasteiger partial charge in [0, 0.05) is 24.2 Å². The van der Waals surface area contributed by atoms with Crippen LogP contribution in [0.5, 0.6) is 0 Å². The largest absolute Gasteiger partial charge is 0.480 e. The average Bonchev–Trinajstić information content (AvgIpc) is 2.58. The number of benzene rings is 1. The summed E-state index contributed by atoms with van der Waals surface area (Å²) in [5, 5.41) is 15.5. The highest BCUT2D eigenvalue weighted by Crippen LogP contribution is 2.26. The normalized spacial score (nSPS) is 21.2. The van der Waals surface area contributed by atoms with Crippen LogP contribution in [-0.4, -0.2) is 60.3 Å². The first-order chi connectivity index (χ1) is 12.8. The molecular weight excluding hydrogens is 370 g/mol. The highest BCUT2D eigenvalue weighted by atomic mass is 35.5. The van der Waals surface area contributed by atoms with Crippen molar-refractivity contribution in [2.75, 3.05) is 20.2 Å². The van der Waals surface area contributed by atoms with Gasteiger partial charge >= 0.3 is 12.0 Å². The molecule has 1 fully saturated rings. The number of halogens is 1. The molecule has 1 aliphatic rings. The molecule has 8 heteroatoms. The first kappa shape index (κ1) is 21.5. The monoisotopic (exact) mass is 397 g/mol. The highest BCUT2D eigenvalue weighted by molar-refractivity contribution is 6.30. The summed E-state index contributed by atoms with van der Waals surface area (Å²) in [5.74, 6) is -0.826. The number of aliphatic carboxylic acids is 1. The standard InChI is InChI=1S/C19H28ClN3O4/c1-4-23(11-17(24)25)16-9-15(10-16)22-19(26)21-12(2)18(27-3)13-5-7-14(20)8-6-13/h5-8,12,15-16,18H,4,9-11H2,1-3H3,(H,24,25)(H2,21,22,26). The van der Waals surface area contributed by atoms with E-state index in [2.05, 4.69) is 10.6 Å². The van der Waals surface area contributed by atoms with E-state index in [1.807, 2.05) is 30.9 Å². The highest BCUT2D eigenvalue weighted by Gasteiger charge is 2.35. The lowest BCUT2D eigenvalue weighted by Crippen LogP contribution is -2.57. The number of likely N-dealkylation sites (N-methyl/N-ethyl adjacent to an activating group) is 1. The molecule has 2 amide bonds. The molecule has 0 aliphatic heterocycles. The summed E-state index contributed by atoms with van der Waals surface area (Å²) in [6, 6.07) is 7.13. The maximum Gasteiger partial charge on any atom is 0.317 e. The van der Waals surface area contributed by atoms with Crippen molar-refractivity contribution in [2.24, 2.45) is 0 Å². The Labute approximate surface area is 165 Å². The number of nitrogens with zero attached hydrogens (tertiary/aromatic N) is 1. The third-order valence-corrected chi connectivity index (χ3v) is 5.23. The second kappa shape index (κ2) is 9.92. The second-order valence-corrected chi connectivity index (χ2v) is 7.33. The van der Waals surface area contributed by atoms with E-state index in [1.165, 1.54) is 0 Å². The van der Waals surface area contributed by atoms with Crippen LogP contribution in [0.15, 0.2) is 24.3 Å². The maximum absolute atomic E-state index is 12.3. The number of carboxylic acids is 1. The molecule has 1 aromatic carbocycles. The van der Waals surface area contributed by atoms with E-state index in [0.29, 0.717) is 11.6 Å². The fourth-order valence-corrected chi connectivity index (χ4v) is 3.59. The Balaban J connectivity index is 1.80. The van der Waals surface area contributed by atoms with E-state index >= 15 is 0 Å². The third kappa shape index (κ3) is 6.09. The molecule has 2 unspecified atom stereocenters. The summed E-state index contributed by atoms with van der Waals surface area (Å²) in [6.45, 7) is 4.55. The number of ether oxygens (including phenoxy) is 1. The number of hydrogen-bond acceptors (Lipinski definition) is 4. The molecule has 150 valence electrons.